The van der Waals surface area contributed by atoms with Gasteiger partial charge < -0.3 is 9.29 Å². The number of rotatable bonds is 3. The Labute approximate surface area is 77.8 Å². The van der Waals surface area contributed by atoms with E-state index in [2.05, 4.69) is 9.32 Å². The zero-order valence-corrected chi connectivity index (χ0v) is 7.76. The van der Waals surface area contributed by atoms with Gasteiger partial charge in [0.25, 0.3) is 0 Å². The van der Waals surface area contributed by atoms with Crippen LogP contribution in [0.2, 0.25) is 0 Å². The fourth-order valence-corrected chi connectivity index (χ4v) is 1.80. The van der Waals surface area contributed by atoms with E-state index in [4.69, 9.17) is 5.11 Å². The lowest BCUT2D eigenvalue weighted by Gasteiger charge is -1.99. The van der Waals surface area contributed by atoms with Crippen LogP contribution in [0.15, 0.2) is 10.8 Å². The lowest BCUT2D eigenvalue weighted by Crippen LogP contribution is -2.19. The second-order valence-electron chi connectivity index (χ2n) is 2.03. The maximum atomic E-state index is 10.5. The highest BCUT2D eigenvalue weighted by Crippen LogP contribution is 2.24. The molecule has 0 atom stereocenters. The summed E-state index contributed by atoms with van der Waals surface area (Å²) in [6.45, 7) is 0. The minimum atomic E-state index is -4.16. The molecule has 6 nitrogen and oxygen atoms in total. The van der Waals surface area contributed by atoms with Crippen LogP contribution in [0, 0.1) is 0 Å². The monoisotopic (exact) mass is 223 g/mol. The number of thiophene rings is 1. The Morgan fingerprint density at radius 1 is 1.54 bits per heavy atom. The van der Waals surface area contributed by atoms with Gasteiger partial charge in [-0.1, -0.05) is 0 Å². The second kappa shape index (κ2) is 3.32. The summed E-state index contributed by atoms with van der Waals surface area (Å²) in [6, 6.07) is 0. The van der Waals surface area contributed by atoms with Gasteiger partial charge in [-0.25, -0.2) is 4.79 Å². The minimum Gasteiger partial charge on any atom is -0.478 e. The molecule has 1 aromatic rings. The van der Waals surface area contributed by atoms with Crippen LogP contribution in [-0.2, 0) is 10.3 Å². The standard InChI is InChI=1S/C5H5NO5S2/c6-13(9,10)11-4-2-12-1-3(4)5(7)8/h1-2H,(H,7,8)(H2,6,9,10). The van der Waals surface area contributed by atoms with Crippen LogP contribution in [0.3, 0.4) is 0 Å². The number of hydrogen-bond acceptors (Lipinski definition) is 5. The molecule has 1 aromatic heterocycles. The van der Waals surface area contributed by atoms with Crippen LogP contribution in [0.1, 0.15) is 10.4 Å². The van der Waals surface area contributed by atoms with Crippen LogP contribution in [-0.4, -0.2) is 19.5 Å². The molecular formula is C5H5NO5S2. The SMILES string of the molecule is NS(=O)(=O)Oc1cscc1C(=O)O. The molecule has 13 heavy (non-hydrogen) atoms. The lowest BCUT2D eigenvalue weighted by atomic mass is 10.3. The summed E-state index contributed by atoms with van der Waals surface area (Å²) in [5.41, 5.74) is -0.223. The number of aromatic carboxylic acids is 1. The van der Waals surface area contributed by atoms with Crippen LogP contribution in [0.25, 0.3) is 0 Å². The second-order valence-corrected chi connectivity index (χ2v) is 3.93. The van der Waals surface area contributed by atoms with Crippen LogP contribution < -0.4 is 9.32 Å². The number of nitrogens with two attached hydrogens (primary N) is 1. The van der Waals surface area contributed by atoms with Crippen molar-refractivity contribution in [3.05, 3.63) is 16.3 Å². The molecule has 0 aliphatic rings. The van der Waals surface area contributed by atoms with Crippen molar-refractivity contribution < 1.29 is 22.5 Å². The first kappa shape index (κ1) is 9.96. The lowest BCUT2D eigenvalue weighted by molar-refractivity contribution is 0.0696. The van der Waals surface area contributed by atoms with Crippen molar-refractivity contribution >= 4 is 27.6 Å². The van der Waals surface area contributed by atoms with Gasteiger partial charge in [-0.2, -0.15) is 13.6 Å². The Morgan fingerprint density at radius 2 is 2.15 bits per heavy atom. The van der Waals surface area contributed by atoms with E-state index in [0.717, 1.165) is 11.3 Å². The highest BCUT2D eigenvalue weighted by molar-refractivity contribution is 7.84. The van der Waals surface area contributed by atoms with Gasteiger partial charge in [-0.3, -0.25) is 0 Å². The summed E-state index contributed by atoms with van der Waals surface area (Å²) in [6.07, 6.45) is 0. The summed E-state index contributed by atoms with van der Waals surface area (Å²) in [7, 11) is -4.16. The topological polar surface area (TPSA) is 107 Å². The molecule has 0 unspecified atom stereocenters. The van der Waals surface area contributed by atoms with E-state index in [9.17, 15) is 13.2 Å². The Kier molecular flexibility index (Phi) is 2.55. The molecule has 1 rings (SSSR count). The third-order valence-corrected chi connectivity index (χ3v) is 2.20. The van der Waals surface area contributed by atoms with Gasteiger partial charge in [0.2, 0.25) is 0 Å². The Balaban J connectivity index is 3.02. The van der Waals surface area contributed by atoms with Crippen molar-refractivity contribution in [2.45, 2.75) is 0 Å². The molecule has 0 bridgehead atoms. The smallest absolute Gasteiger partial charge is 0.380 e. The van der Waals surface area contributed by atoms with Gasteiger partial charge in [-0.05, 0) is 0 Å². The van der Waals surface area contributed by atoms with Crippen molar-refractivity contribution in [1.82, 2.24) is 0 Å². The minimum absolute atomic E-state index is 0.223. The summed E-state index contributed by atoms with van der Waals surface area (Å²) in [4.78, 5) is 10.5. The molecule has 3 N–H and O–H groups in total. The molecule has 0 saturated heterocycles. The van der Waals surface area contributed by atoms with Gasteiger partial charge in [0.1, 0.15) is 5.56 Å². The van der Waals surface area contributed by atoms with Crippen molar-refractivity contribution in [3.63, 3.8) is 0 Å². The molecule has 0 aliphatic heterocycles. The van der Waals surface area contributed by atoms with Gasteiger partial charge in [-0.15, -0.1) is 11.3 Å². The quantitative estimate of drug-likeness (QED) is 0.751. The van der Waals surface area contributed by atoms with Gasteiger partial charge in [0.05, 0.1) is 0 Å². The van der Waals surface area contributed by atoms with Crippen molar-refractivity contribution in [2.75, 3.05) is 0 Å². The molecule has 1 heterocycles. The third kappa shape index (κ3) is 2.68. The normalized spacial score (nSPS) is 11.2. The zero-order valence-electron chi connectivity index (χ0n) is 6.13. The average molecular weight is 223 g/mol. The number of carboxylic acid groups (broad SMARTS) is 1. The molecule has 0 amide bonds. The van der Waals surface area contributed by atoms with E-state index in [0.29, 0.717) is 0 Å². The molecule has 0 saturated carbocycles. The van der Waals surface area contributed by atoms with Crippen molar-refractivity contribution in [2.24, 2.45) is 5.14 Å². The van der Waals surface area contributed by atoms with E-state index in [1.54, 1.807) is 0 Å². The first-order chi connectivity index (χ1) is 5.90. The first-order valence-electron chi connectivity index (χ1n) is 2.92. The van der Waals surface area contributed by atoms with E-state index in [1.807, 2.05) is 0 Å². The highest BCUT2D eigenvalue weighted by Gasteiger charge is 2.16. The van der Waals surface area contributed by atoms with E-state index in [1.165, 1.54) is 10.8 Å². The summed E-state index contributed by atoms with van der Waals surface area (Å²) >= 11 is 1.01. The Hall–Kier alpha value is -1.12. The maximum Gasteiger partial charge on any atom is 0.380 e. The summed E-state index contributed by atoms with van der Waals surface area (Å²) < 4.78 is 25.1. The maximum absolute atomic E-state index is 10.5. The molecule has 0 aromatic carbocycles. The Bertz CT molecular complexity index is 420. The average Bonchev–Trinajstić information content (AvgIpc) is 2.31. The number of hydrogen-bond donors (Lipinski definition) is 2. The largest absolute Gasteiger partial charge is 0.478 e. The van der Waals surface area contributed by atoms with E-state index in [-0.39, 0.29) is 11.3 Å². The molecule has 0 fully saturated rings. The molecule has 0 aliphatic carbocycles. The molecule has 0 radical (unpaired) electrons. The van der Waals surface area contributed by atoms with Gasteiger partial charge >= 0.3 is 16.3 Å². The van der Waals surface area contributed by atoms with Gasteiger partial charge in [0, 0.05) is 10.8 Å². The fraction of sp³-hybridized carbons (Fsp3) is 0. The predicted molar refractivity (Wildman–Crippen MR) is 45.0 cm³/mol. The van der Waals surface area contributed by atoms with Crippen molar-refractivity contribution in [3.8, 4) is 5.75 Å². The van der Waals surface area contributed by atoms with Crippen LogP contribution >= 0.6 is 11.3 Å². The molecule has 72 valence electrons. The van der Waals surface area contributed by atoms with Crippen molar-refractivity contribution in [1.29, 1.82) is 0 Å². The zero-order chi connectivity index (χ0) is 10.1. The van der Waals surface area contributed by atoms with E-state index < -0.39 is 16.3 Å². The van der Waals surface area contributed by atoms with E-state index >= 15 is 0 Å². The summed E-state index contributed by atoms with van der Waals surface area (Å²) in [5, 5.41) is 15.6. The third-order valence-electron chi connectivity index (χ3n) is 1.06. The Morgan fingerprint density at radius 3 is 2.62 bits per heavy atom. The number of carbonyl (C=O) groups is 1. The molecular weight excluding hydrogens is 218 g/mol. The first-order valence-corrected chi connectivity index (χ1v) is 5.33. The fourth-order valence-electron chi connectivity index (χ4n) is 0.631. The van der Waals surface area contributed by atoms with Crippen LogP contribution in [0.4, 0.5) is 0 Å². The number of carboxylic acids is 1. The predicted octanol–water partition coefficient (Wildman–Crippen LogP) is 0.0286. The van der Waals surface area contributed by atoms with Crippen LogP contribution in [0.5, 0.6) is 5.75 Å². The summed E-state index contributed by atoms with van der Waals surface area (Å²) in [5.74, 6) is -1.53. The molecule has 0 spiro atoms. The van der Waals surface area contributed by atoms with Gasteiger partial charge in [0.15, 0.2) is 5.75 Å². The molecule has 8 heteroatoms. The highest BCUT2D eigenvalue weighted by atomic mass is 32.2.